The normalized spacial score (nSPS) is 20.7. The molecule has 1 aliphatic heterocycles. The van der Waals surface area contributed by atoms with E-state index in [0.717, 1.165) is 6.42 Å². The molecule has 2 N–H and O–H groups in total. The Kier molecular flexibility index (Phi) is 12.8. The second-order valence-corrected chi connectivity index (χ2v) is 16.6. The zero-order valence-corrected chi connectivity index (χ0v) is 30.9. The minimum Gasteiger partial charge on any atom is -0.490 e. The highest BCUT2D eigenvalue weighted by molar-refractivity contribution is 7.92. The number of ether oxygens (including phenoxy) is 2. The Balaban J connectivity index is 1.69. The van der Waals surface area contributed by atoms with Crippen molar-refractivity contribution in [2.75, 3.05) is 38.1 Å². The smallest absolute Gasteiger partial charge is 0.261 e. The summed E-state index contributed by atoms with van der Waals surface area (Å²) in [6.07, 6.45) is 1.14. The van der Waals surface area contributed by atoms with E-state index in [2.05, 4.69) is 9.88 Å². The molecule has 0 aliphatic carbocycles. The van der Waals surface area contributed by atoms with Gasteiger partial charge in [0.25, 0.3) is 15.9 Å². The van der Waals surface area contributed by atoms with Gasteiger partial charge >= 0.3 is 0 Å². The average Bonchev–Trinajstić information content (AvgIpc) is 3.40. The molecule has 2 heterocycles. The van der Waals surface area contributed by atoms with Gasteiger partial charge in [-0.15, -0.1) is 0 Å². The number of nitrogens with zero attached hydrogens (tertiary/aromatic N) is 3. The summed E-state index contributed by atoms with van der Waals surface area (Å²) >= 11 is 5.94. The Morgan fingerprint density at radius 2 is 1.80 bits per heavy atom. The molecule has 0 saturated heterocycles. The van der Waals surface area contributed by atoms with Crippen LogP contribution in [0.5, 0.6) is 5.75 Å². The molecule has 16 heteroatoms. The van der Waals surface area contributed by atoms with Gasteiger partial charge in [0.05, 0.1) is 35.3 Å². The number of likely N-dealkylation sites (N-methyl/N-ethyl adjacent to an activating group) is 1. The second-order valence-electron chi connectivity index (χ2n) is 12.5. The molecular formula is C33H45ClN4O9S2. The van der Waals surface area contributed by atoms with Crippen LogP contribution in [0.25, 0.3) is 0 Å². The summed E-state index contributed by atoms with van der Waals surface area (Å²) in [4.78, 5) is 15.8. The van der Waals surface area contributed by atoms with Crippen molar-refractivity contribution < 1.29 is 40.7 Å². The van der Waals surface area contributed by atoms with Gasteiger partial charge < -0.3 is 24.0 Å². The molecule has 0 fully saturated rings. The van der Waals surface area contributed by atoms with E-state index in [4.69, 9.17) is 25.6 Å². The number of carbonyl (C=O) groups excluding carboxylic acids is 1. The maximum atomic E-state index is 14.4. The third-order valence-electron chi connectivity index (χ3n) is 8.50. The van der Waals surface area contributed by atoms with Crippen molar-refractivity contribution >= 4 is 43.2 Å². The van der Waals surface area contributed by atoms with E-state index in [9.17, 15) is 26.7 Å². The van der Waals surface area contributed by atoms with Crippen LogP contribution >= 0.6 is 11.6 Å². The zero-order valence-electron chi connectivity index (χ0n) is 28.5. The largest absolute Gasteiger partial charge is 0.490 e. The first-order chi connectivity index (χ1) is 23.0. The summed E-state index contributed by atoms with van der Waals surface area (Å²) in [5.74, 6) is -0.457. The van der Waals surface area contributed by atoms with Crippen LogP contribution in [0, 0.1) is 19.8 Å². The predicted octanol–water partition coefficient (Wildman–Crippen LogP) is 4.86. The average molecular weight is 741 g/mol. The number of aliphatic hydroxyl groups is 1. The van der Waals surface area contributed by atoms with Crippen LogP contribution in [-0.2, 0) is 24.8 Å². The van der Waals surface area contributed by atoms with Crippen molar-refractivity contribution in [3.63, 3.8) is 0 Å². The topological polar surface area (TPSA) is 169 Å². The van der Waals surface area contributed by atoms with E-state index >= 15 is 0 Å². The zero-order chi connectivity index (χ0) is 36.1. The molecule has 1 aliphatic rings. The van der Waals surface area contributed by atoms with Crippen LogP contribution in [0.2, 0.25) is 5.02 Å². The van der Waals surface area contributed by atoms with Gasteiger partial charge in [-0.3, -0.25) is 9.52 Å². The Morgan fingerprint density at radius 3 is 2.43 bits per heavy atom. The van der Waals surface area contributed by atoms with E-state index in [1.807, 2.05) is 13.8 Å². The first-order valence-electron chi connectivity index (χ1n) is 16.1. The van der Waals surface area contributed by atoms with Crippen molar-refractivity contribution in [1.29, 1.82) is 0 Å². The molecule has 270 valence electrons. The number of sulfonamides is 2. The summed E-state index contributed by atoms with van der Waals surface area (Å²) in [6.45, 7) is 8.59. The van der Waals surface area contributed by atoms with Crippen LogP contribution < -0.4 is 9.46 Å². The molecule has 0 bridgehead atoms. The van der Waals surface area contributed by atoms with Crippen LogP contribution in [0.15, 0.2) is 56.8 Å². The maximum absolute atomic E-state index is 14.4. The number of aromatic nitrogens is 1. The number of aryl methyl sites for hydroxylation is 2. The Morgan fingerprint density at radius 1 is 1.10 bits per heavy atom. The van der Waals surface area contributed by atoms with E-state index in [1.165, 1.54) is 59.6 Å². The van der Waals surface area contributed by atoms with Crippen LogP contribution in [-0.4, -0.2) is 93.8 Å². The van der Waals surface area contributed by atoms with Crippen molar-refractivity contribution in [2.24, 2.45) is 5.92 Å². The fraction of sp³-hybridized carbons (Fsp3) is 0.515. The minimum atomic E-state index is -4.02. The fourth-order valence-electron chi connectivity index (χ4n) is 5.63. The highest BCUT2D eigenvalue weighted by Gasteiger charge is 2.34. The molecule has 1 aromatic heterocycles. The number of anilines is 1. The monoisotopic (exact) mass is 740 g/mol. The number of carbonyl (C=O) groups is 1. The van der Waals surface area contributed by atoms with Crippen molar-refractivity contribution in [2.45, 2.75) is 81.9 Å². The van der Waals surface area contributed by atoms with Crippen molar-refractivity contribution in [1.82, 2.24) is 14.4 Å². The molecule has 13 nitrogen and oxygen atoms in total. The highest BCUT2D eigenvalue weighted by Crippen LogP contribution is 2.30. The molecule has 0 spiro atoms. The van der Waals surface area contributed by atoms with E-state index < -0.39 is 44.0 Å². The van der Waals surface area contributed by atoms with Gasteiger partial charge in [-0.05, 0) is 89.4 Å². The van der Waals surface area contributed by atoms with Gasteiger partial charge in [-0.1, -0.05) is 23.7 Å². The molecule has 1 amide bonds. The number of fused-ring (bicyclic) bond motifs is 1. The molecule has 4 atom stereocenters. The summed E-state index contributed by atoms with van der Waals surface area (Å²) in [5, 5.41) is 14.4. The lowest BCUT2D eigenvalue weighted by molar-refractivity contribution is -0.00835. The number of nitrogens with one attached hydrogen (secondary N) is 1. The molecule has 0 unspecified atom stereocenters. The number of hydrogen-bond donors (Lipinski definition) is 2. The highest BCUT2D eigenvalue weighted by atomic mass is 35.5. The molecular weight excluding hydrogens is 696 g/mol. The third kappa shape index (κ3) is 9.32. The number of rotatable bonds is 9. The number of halogens is 1. The van der Waals surface area contributed by atoms with E-state index in [0.29, 0.717) is 24.5 Å². The lowest BCUT2D eigenvalue weighted by atomic mass is 10.0. The number of hydrogen-bond acceptors (Lipinski definition) is 10. The first kappa shape index (κ1) is 38.6. The SMILES string of the molecule is Cc1noc(C)c1S(=O)(=O)N(C)C[C@H]1OCCCC[C@@H](C)Oc2ccc(NS(=O)(=O)c3ccc(Cl)cc3)cc2C(=O)N([C@@H](C)CO)C[C@H]1C. The standard InChI is InChI=1S/C33H45ClN4O9S2/c1-21-18-38(22(2)20-39)33(40)29-17-27(36-48(41,42)28-13-10-26(34)11-14-28)12-15-30(29)46-23(3)9-7-8-16-45-31(21)19-37(6)49(43,44)32-24(4)35-47-25(32)5/h10-15,17,21-23,31,36,39H,7-9,16,18-20H2,1-6H3/t21-,22+,23-,31-/m1/s1. The van der Waals surface area contributed by atoms with E-state index in [-0.39, 0.29) is 64.0 Å². The Hall–Kier alpha value is -3.21. The van der Waals surface area contributed by atoms with Crippen molar-refractivity contribution in [3.8, 4) is 5.75 Å². The molecule has 2 aromatic carbocycles. The van der Waals surface area contributed by atoms with Gasteiger partial charge in [0.2, 0.25) is 10.0 Å². The lowest BCUT2D eigenvalue weighted by Gasteiger charge is -2.35. The van der Waals surface area contributed by atoms with Crippen molar-refractivity contribution in [3.05, 3.63) is 64.5 Å². The van der Waals surface area contributed by atoms with E-state index in [1.54, 1.807) is 19.9 Å². The Bertz CT molecular complexity index is 1800. The van der Waals surface area contributed by atoms with Gasteiger partial charge in [0, 0.05) is 43.4 Å². The fourth-order valence-corrected chi connectivity index (χ4v) is 8.27. The molecule has 4 rings (SSSR count). The summed E-state index contributed by atoms with van der Waals surface area (Å²) in [7, 11) is -6.54. The number of amides is 1. The second kappa shape index (κ2) is 16.2. The van der Waals surface area contributed by atoms with Gasteiger partial charge in [-0.2, -0.15) is 4.31 Å². The Labute approximate surface area is 293 Å². The van der Waals surface area contributed by atoms with Gasteiger partial charge in [0.15, 0.2) is 5.76 Å². The number of benzene rings is 2. The molecule has 0 saturated carbocycles. The van der Waals surface area contributed by atoms with Gasteiger partial charge in [0.1, 0.15) is 16.3 Å². The first-order valence-corrected chi connectivity index (χ1v) is 19.4. The minimum absolute atomic E-state index is 0.00216. The third-order valence-corrected chi connectivity index (χ3v) is 12.2. The maximum Gasteiger partial charge on any atom is 0.261 e. The quantitative estimate of drug-likeness (QED) is 0.309. The molecule has 3 aromatic rings. The molecule has 0 radical (unpaired) electrons. The van der Waals surface area contributed by atoms with Crippen LogP contribution in [0.1, 0.15) is 61.8 Å². The lowest BCUT2D eigenvalue weighted by Crippen LogP contribution is -2.48. The number of aliphatic hydroxyl groups excluding tert-OH is 1. The van der Waals surface area contributed by atoms with Gasteiger partial charge in [-0.25, -0.2) is 16.8 Å². The molecule has 49 heavy (non-hydrogen) atoms. The van der Waals surface area contributed by atoms with Crippen LogP contribution in [0.4, 0.5) is 5.69 Å². The summed E-state index contributed by atoms with van der Waals surface area (Å²) < 4.78 is 74.8. The van der Waals surface area contributed by atoms with Crippen LogP contribution in [0.3, 0.4) is 0 Å². The summed E-state index contributed by atoms with van der Waals surface area (Å²) in [5.41, 5.74) is 0.488. The predicted molar refractivity (Wildman–Crippen MR) is 185 cm³/mol. The summed E-state index contributed by atoms with van der Waals surface area (Å²) in [6, 6.07) is 9.53.